The summed E-state index contributed by atoms with van der Waals surface area (Å²) in [7, 11) is 0. The highest BCUT2D eigenvalue weighted by atomic mass is 35.5. The first kappa shape index (κ1) is 18.6. The molecule has 0 spiro atoms. The van der Waals surface area contributed by atoms with Gasteiger partial charge in [-0.15, -0.1) is 12.4 Å². The number of nitrogens with two attached hydrogens (primary N) is 1. The van der Waals surface area contributed by atoms with Crippen LogP contribution in [-0.4, -0.2) is 12.5 Å². The highest BCUT2D eigenvalue weighted by Crippen LogP contribution is 2.37. The van der Waals surface area contributed by atoms with Crippen molar-refractivity contribution in [1.29, 1.82) is 0 Å². The SMILES string of the molecule is CC(N)(C(=O)NC1CCOc2c(Cl)cccc21)c1ccccc1.Cl. The predicted octanol–water partition coefficient (Wildman–Crippen LogP) is 3.58. The number of hydrogen-bond acceptors (Lipinski definition) is 3. The molecule has 0 saturated heterocycles. The summed E-state index contributed by atoms with van der Waals surface area (Å²) in [5.41, 5.74) is 6.84. The maximum atomic E-state index is 12.7. The lowest BCUT2D eigenvalue weighted by Gasteiger charge is -2.31. The quantitative estimate of drug-likeness (QED) is 0.872. The third-order valence-electron chi connectivity index (χ3n) is 4.18. The number of rotatable bonds is 3. The molecule has 0 aliphatic carbocycles. The van der Waals surface area contributed by atoms with Gasteiger partial charge >= 0.3 is 0 Å². The number of benzene rings is 2. The highest BCUT2D eigenvalue weighted by molar-refractivity contribution is 6.32. The molecule has 128 valence electrons. The molecule has 2 unspecified atom stereocenters. The summed E-state index contributed by atoms with van der Waals surface area (Å²) >= 11 is 6.17. The molecule has 1 aliphatic rings. The molecule has 0 bridgehead atoms. The minimum atomic E-state index is -1.10. The first-order chi connectivity index (χ1) is 11.0. The number of ether oxygens (including phenoxy) is 1. The largest absolute Gasteiger partial charge is 0.492 e. The topological polar surface area (TPSA) is 64.4 Å². The van der Waals surface area contributed by atoms with Crippen molar-refractivity contribution >= 4 is 29.9 Å². The van der Waals surface area contributed by atoms with E-state index in [0.717, 1.165) is 11.1 Å². The Balaban J connectivity index is 0.00000208. The van der Waals surface area contributed by atoms with Crippen molar-refractivity contribution in [3.8, 4) is 5.75 Å². The van der Waals surface area contributed by atoms with Crippen molar-refractivity contribution in [2.24, 2.45) is 5.73 Å². The molecule has 2 aromatic rings. The fourth-order valence-electron chi connectivity index (χ4n) is 2.76. The maximum absolute atomic E-state index is 12.7. The third kappa shape index (κ3) is 3.51. The number of carbonyl (C=O) groups excluding carboxylic acids is 1. The number of nitrogens with one attached hydrogen (secondary N) is 1. The fraction of sp³-hybridized carbons (Fsp3) is 0.278. The maximum Gasteiger partial charge on any atom is 0.244 e. The third-order valence-corrected chi connectivity index (χ3v) is 4.47. The average molecular weight is 367 g/mol. The number of fused-ring (bicyclic) bond motifs is 1. The Morgan fingerprint density at radius 2 is 1.96 bits per heavy atom. The highest BCUT2D eigenvalue weighted by Gasteiger charge is 2.33. The van der Waals surface area contributed by atoms with Crippen LogP contribution in [0.4, 0.5) is 0 Å². The molecule has 3 rings (SSSR count). The number of para-hydroxylation sites is 1. The minimum Gasteiger partial charge on any atom is -0.492 e. The van der Waals surface area contributed by atoms with Crippen LogP contribution in [0.5, 0.6) is 5.75 Å². The van der Waals surface area contributed by atoms with Crippen LogP contribution < -0.4 is 15.8 Å². The van der Waals surface area contributed by atoms with E-state index in [1.807, 2.05) is 42.5 Å². The van der Waals surface area contributed by atoms with Gasteiger partial charge in [-0.3, -0.25) is 4.79 Å². The van der Waals surface area contributed by atoms with Crippen molar-refractivity contribution in [3.05, 3.63) is 64.7 Å². The van der Waals surface area contributed by atoms with Crippen LogP contribution in [-0.2, 0) is 10.3 Å². The molecule has 2 aromatic carbocycles. The van der Waals surface area contributed by atoms with Crippen molar-refractivity contribution in [2.75, 3.05) is 6.61 Å². The van der Waals surface area contributed by atoms with Gasteiger partial charge in [0.1, 0.15) is 11.3 Å². The van der Waals surface area contributed by atoms with Crippen molar-refractivity contribution in [1.82, 2.24) is 5.32 Å². The molecular weight excluding hydrogens is 347 g/mol. The van der Waals surface area contributed by atoms with E-state index in [-0.39, 0.29) is 24.4 Å². The van der Waals surface area contributed by atoms with E-state index in [1.54, 1.807) is 13.0 Å². The fourth-order valence-corrected chi connectivity index (χ4v) is 3.00. The number of halogens is 2. The zero-order valence-corrected chi connectivity index (χ0v) is 14.9. The summed E-state index contributed by atoms with van der Waals surface area (Å²) in [6.07, 6.45) is 0.684. The van der Waals surface area contributed by atoms with E-state index < -0.39 is 5.54 Å². The van der Waals surface area contributed by atoms with E-state index in [9.17, 15) is 4.79 Å². The molecule has 6 heteroatoms. The van der Waals surface area contributed by atoms with Crippen molar-refractivity contribution in [2.45, 2.75) is 24.9 Å². The lowest BCUT2D eigenvalue weighted by atomic mass is 9.91. The standard InChI is InChI=1S/C18H19ClN2O2.ClH/c1-18(20,12-6-3-2-4-7-12)17(22)21-15-10-11-23-16-13(15)8-5-9-14(16)19;/h2-9,15H,10-11,20H2,1H3,(H,21,22);1H. The lowest BCUT2D eigenvalue weighted by molar-refractivity contribution is -0.127. The van der Waals surface area contributed by atoms with Gasteiger partial charge in [0, 0.05) is 12.0 Å². The van der Waals surface area contributed by atoms with Gasteiger partial charge in [0.05, 0.1) is 17.7 Å². The van der Waals surface area contributed by atoms with Crippen molar-refractivity contribution < 1.29 is 9.53 Å². The molecule has 1 aliphatic heterocycles. The molecule has 4 nitrogen and oxygen atoms in total. The average Bonchev–Trinajstić information content (AvgIpc) is 2.56. The molecule has 0 radical (unpaired) electrons. The van der Waals surface area contributed by atoms with Crippen LogP contribution in [0.25, 0.3) is 0 Å². The van der Waals surface area contributed by atoms with Crippen LogP contribution in [0.3, 0.4) is 0 Å². The number of hydrogen-bond donors (Lipinski definition) is 2. The molecule has 1 amide bonds. The monoisotopic (exact) mass is 366 g/mol. The molecular formula is C18H20Cl2N2O2. The summed E-state index contributed by atoms with van der Waals surface area (Å²) in [6.45, 7) is 2.23. The lowest BCUT2D eigenvalue weighted by Crippen LogP contribution is -2.50. The molecule has 2 atom stereocenters. The zero-order chi connectivity index (χ0) is 16.4. The van der Waals surface area contributed by atoms with Crippen LogP contribution in [0.15, 0.2) is 48.5 Å². The van der Waals surface area contributed by atoms with Crippen LogP contribution >= 0.6 is 24.0 Å². The Labute approximate surface area is 152 Å². The Morgan fingerprint density at radius 1 is 1.25 bits per heavy atom. The van der Waals surface area contributed by atoms with Gasteiger partial charge in [0.2, 0.25) is 5.91 Å². The second-order valence-corrected chi connectivity index (χ2v) is 6.30. The van der Waals surface area contributed by atoms with Gasteiger partial charge in [-0.05, 0) is 18.6 Å². The minimum absolute atomic E-state index is 0. The van der Waals surface area contributed by atoms with Crippen molar-refractivity contribution in [3.63, 3.8) is 0 Å². The van der Waals surface area contributed by atoms with Crippen LogP contribution in [0.1, 0.15) is 30.5 Å². The second-order valence-electron chi connectivity index (χ2n) is 5.89. The Bertz CT molecular complexity index is 720. The molecule has 3 N–H and O–H groups in total. The number of carbonyl (C=O) groups is 1. The summed E-state index contributed by atoms with van der Waals surface area (Å²) in [6, 6.07) is 14.7. The normalized spacial score (nSPS) is 18.4. The summed E-state index contributed by atoms with van der Waals surface area (Å²) in [4.78, 5) is 12.7. The predicted molar refractivity (Wildman–Crippen MR) is 97.7 cm³/mol. The first-order valence-corrected chi connectivity index (χ1v) is 7.94. The Kier molecular flexibility index (Phi) is 5.75. The Morgan fingerprint density at radius 3 is 2.67 bits per heavy atom. The summed E-state index contributed by atoms with van der Waals surface area (Å²) in [5.74, 6) is 0.422. The van der Waals surface area contributed by atoms with E-state index in [0.29, 0.717) is 23.8 Å². The van der Waals surface area contributed by atoms with E-state index >= 15 is 0 Å². The molecule has 0 aromatic heterocycles. The molecule has 24 heavy (non-hydrogen) atoms. The van der Waals surface area contributed by atoms with Crippen LogP contribution in [0.2, 0.25) is 5.02 Å². The van der Waals surface area contributed by atoms with Gasteiger partial charge in [-0.2, -0.15) is 0 Å². The van der Waals surface area contributed by atoms with Gasteiger partial charge in [-0.25, -0.2) is 0 Å². The van der Waals surface area contributed by atoms with E-state index in [1.165, 1.54) is 0 Å². The second kappa shape index (κ2) is 7.43. The van der Waals surface area contributed by atoms with Crippen LogP contribution in [0, 0.1) is 0 Å². The molecule has 1 heterocycles. The number of amides is 1. The Hall–Kier alpha value is -1.75. The summed E-state index contributed by atoms with van der Waals surface area (Å²) < 4.78 is 5.62. The molecule has 0 saturated carbocycles. The van der Waals surface area contributed by atoms with E-state index in [2.05, 4.69) is 5.32 Å². The van der Waals surface area contributed by atoms with Gasteiger partial charge in [0.15, 0.2) is 0 Å². The first-order valence-electron chi connectivity index (χ1n) is 7.56. The smallest absolute Gasteiger partial charge is 0.244 e. The zero-order valence-electron chi connectivity index (χ0n) is 13.3. The van der Waals surface area contributed by atoms with Gasteiger partial charge in [-0.1, -0.05) is 54.1 Å². The van der Waals surface area contributed by atoms with Gasteiger partial charge < -0.3 is 15.8 Å². The molecule has 0 fully saturated rings. The van der Waals surface area contributed by atoms with Gasteiger partial charge in [0.25, 0.3) is 0 Å². The van der Waals surface area contributed by atoms with E-state index in [4.69, 9.17) is 22.1 Å². The summed E-state index contributed by atoms with van der Waals surface area (Å²) in [5, 5.41) is 3.59.